The highest BCUT2D eigenvalue weighted by atomic mass is 32.2. The molecular formula is C10H19NO7S. The average molecular weight is 297 g/mol. The van der Waals surface area contributed by atoms with Crippen LogP contribution in [0.25, 0.3) is 0 Å². The number of hydrogen-bond acceptors (Lipinski definition) is 7. The zero-order chi connectivity index (χ0) is 14.9. The average Bonchev–Trinajstić information content (AvgIpc) is 2.37. The summed E-state index contributed by atoms with van der Waals surface area (Å²) in [6, 6.07) is 0. The van der Waals surface area contributed by atoms with Gasteiger partial charge in [-0.1, -0.05) is 0 Å². The number of methoxy groups -OCH3 is 2. The number of esters is 2. The van der Waals surface area contributed by atoms with Crippen molar-refractivity contribution in [3.05, 3.63) is 0 Å². The topological polar surface area (TPSA) is 99.2 Å². The van der Waals surface area contributed by atoms with E-state index < -0.39 is 35.1 Å². The third-order valence-electron chi connectivity index (χ3n) is 2.15. The van der Waals surface area contributed by atoms with Crippen LogP contribution in [0.1, 0.15) is 6.92 Å². The van der Waals surface area contributed by atoms with Crippen LogP contribution in [0.15, 0.2) is 0 Å². The molecule has 0 N–H and O–H groups in total. The fourth-order valence-corrected chi connectivity index (χ4v) is 2.30. The summed E-state index contributed by atoms with van der Waals surface area (Å²) < 4.78 is 38.3. The number of rotatable bonds is 9. The molecule has 0 aliphatic rings. The van der Waals surface area contributed by atoms with E-state index in [2.05, 4.69) is 9.47 Å². The Morgan fingerprint density at radius 3 is 1.89 bits per heavy atom. The second-order valence-electron chi connectivity index (χ2n) is 3.43. The lowest BCUT2D eigenvalue weighted by molar-refractivity contribution is -0.143. The van der Waals surface area contributed by atoms with Crippen LogP contribution in [0.4, 0.5) is 0 Å². The smallest absolute Gasteiger partial charge is 0.321 e. The normalized spacial score (nSPS) is 11.4. The van der Waals surface area contributed by atoms with Crippen molar-refractivity contribution in [2.24, 2.45) is 0 Å². The molecular weight excluding hydrogens is 278 g/mol. The fraction of sp³-hybridized carbons (Fsp3) is 0.800. The standard InChI is InChI=1S/C10H19NO7S/c1-4-18-5-6-19(14,15)11(7-9(12)16-2)8-10(13)17-3/h4-8H2,1-3H3. The number of sulfonamides is 1. The van der Waals surface area contributed by atoms with Gasteiger partial charge in [0.25, 0.3) is 0 Å². The largest absolute Gasteiger partial charge is 0.468 e. The van der Waals surface area contributed by atoms with E-state index in [4.69, 9.17) is 4.74 Å². The van der Waals surface area contributed by atoms with Crippen LogP contribution >= 0.6 is 0 Å². The molecule has 0 aromatic carbocycles. The van der Waals surface area contributed by atoms with E-state index in [-0.39, 0.29) is 12.4 Å². The van der Waals surface area contributed by atoms with Crippen molar-refractivity contribution in [3.63, 3.8) is 0 Å². The Morgan fingerprint density at radius 1 is 1.05 bits per heavy atom. The van der Waals surface area contributed by atoms with E-state index in [0.717, 1.165) is 14.2 Å². The highest BCUT2D eigenvalue weighted by molar-refractivity contribution is 7.89. The van der Waals surface area contributed by atoms with E-state index in [1.807, 2.05) is 0 Å². The zero-order valence-corrected chi connectivity index (χ0v) is 12.1. The summed E-state index contributed by atoms with van der Waals surface area (Å²) in [5.74, 6) is -1.85. The Kier molecular flexibility index (Phi) is 8.28. The van der Waals surface area contributed by atoms with Gasteiger partial charge >= 0.3 is 11.9 Å². The maximum atomic E-state index is 11.9. The summed E-state index contributed by atoms with van der Waals surface area (Å²) in [6.07, 6.45) is 0. The second kappa shape index (κ2) is 8.83. The Morgan fingerprint density at radius 2 is 1.53 bits per heavy atom. The maximum Gasteiger partial charge on any atom is 0.321 e. The molecule has 0 bridgehead atoms. The van der Waals surface area contributed by atoms with Crippen LogP contribution in [-0.4, -0.2) is 70.9 Å². The number of nitrogens with zero attached hydrogens (tertiary/aromatic N) is 1. The summed E-state index contributed by atoms with van der Waals surface area (Å²) in [5.41, 5.74) is 0. The van der Waals surface area contributed by atoms with Gasteiger partial charge in [0.2, 0.25) is 10.0 Å². The van der Waals surface area contributed by atoms with E-state index in [1.54, 1.807) is 6.92 Å². The summed E-state index contributed by atoms with van der Waals surface area (Å²) in [6.45, 7) is 1.01. The van der Waals surface area contributed by atoms with Gasteiger partial charge in [0.05, 0.1) is 26.6 Å². The van der Waals surface area contributed by atoms with Crippen molar-refractivity contribution < 1.29 is 32.2 Å². The molecule has 0 aliphatic carbocycles. The maximum absolute atomic E-state index is 11.9. The van der Waals surface area contributed by atoms with E-state index in [0.29, 0.717) is 10.9 Å². The lowest BCUT2D eigenvalue weighted by atomic mass is 10.6. The van der Waals surface area contributed by atoms with Crippen LogP contribution in [-0.2, 0) is 33.8 Å². The summed E-state index contributed by atoms with van der Waals surface area (Å²) in [4.78, 5) is 22.3. The van der Waals surface area contributed by atoms with Gasteiger partial charge in [-0.3, -0.25) is 9.59 Å². The van der Waals surface area contributed by atoms with Crippen molar-refractivity contribution in [1.29, 1.82) is 0 Å². The molecule has 0 saturated heterocycles. The molecule has 0 unspecified atom stereocenters. The molecule has 0 aromatic rings. The molecule has 0 atom stereocenters. The van der Waals surface area contributed by atoms with Crippen LogP contribution in [0.5, 0.6) is 0 Å². The Bertz CT molecular complexity index is 375. The Hall–Kier alpha value is -1.19. The molecule has 0 spiro atoms. The third kappa shape index (κ3) is 7.09. The zero-order valence-electron chi connectivity index (χ0n) is 11.2. The molecule has 0 fully saturated rings. The summed E-state index contributed by atoms with van der Waals surface area (Å²) in [7, 11) is -1.54. The quantitative estimate of drug-likeness (QED) is 0.397. The highest BCUT2D eigenvalue weighted by Crippen LogP contribution is 2.03. The van der Waals surface area contributed by atoms with Crippen LogP contribution in [0.2, 0.25) is 0 Å². The van der Waals surface area contributed by atoms with Gasteiger partial charge in [0.15, 0.2) is 0 Å². The Labute approximate surface area is 112 Å². The molecule has 0 heterocycles. The van der Waals surface area contributed by atoms with Gasteiger partial charge in [0, 0.05) is 6.61 Å². The van der Waals surface area contributed by atoms with Gasteiger partial charge in [-0.2, -0.15) is 4.31 Å². The van der Waals surface area contributed by atoms with Crippen molar-refractivity contribution >= 4 is 22.0 Å². The molecule has 9 heteroatoms. The summed E-state index contributed by atoms with van der Waals surface area (Å²) in [5, 5.41) is 0. The molecule has 0 saturated carbocycles. The van der Waals surface area contributed by atoms with Crippen molar-refractivity contribution in [3.8, 4) is 0 Å². The molecule has 0 aromatic heterocycles. The fourth-order valence-electron chi connectivity index (χ4n) is 1.11. The van der Waals surface area contributed by atoms with E-state index in [9.17, 15) is 18.0 Å². The molecule has 0 rings (SSSR count). The number of hydrogen-bond donors (Lipinski definition) is 0. The monoisotopic (exact) mass is 297 g/mol. The Balaban J connectivity index is 4.78. The third-order valence-corrected chi connectivity index (χ3v) is 3.88. The van der Waals surface area contributed by atoms with Gasteiger partial charge in [0.1, 0.15) is 13.1 Å². The van der Waals surface area contributed by atoms with Crippen molar-refractivity contribution in [2.75, 3.05) is 46.3 Å². The molecule has 0 radical (unpaired) electrons. The van der Waals surface area contributed by atoms with Gasteiger partial charge in [-0.05, 0) is 6.92 Å². The van der Waals surface area contributed by atoms with E-state index >= 15 is 0 Å². The van der Waals surface area contributed by atoms with Crippen LogP contribution < -0.4 is 0 Å². The number of ether oxygens (including phenoxy) is 3. The first-order valence-electron chi connectivity index (χ1n) is 5.56. The number of carbonyl (C=O) groups is 2. The first kappa shape index (κ1) is 17.8. The SMILES string of the molecule is CCOCCS(=O)(=O)N(CC(=O)OC)CC(=O)OC. The summed E-state index contributed by atoms with van der Waals surface area (Å²) >= 11 is 0. The van der Waals surface area contributed by atoms with Gasteiger partial charge in [-0.15, -0.1) is 0 Å². The first-order chi connectivity index (χ1) is 8.87. The van der Waals surface area contributed by atoms with Crippen LogP contribution in [0, 0.1) is 0 Å². The van der Waals surface area contributed by atoms with Gasteiger partial charge < -0.3 is 14.2 Å². The molecule has 112 valence electrons. The molecule has 19 heavy (non-hydrogen) atoms. The molecule has 0 amide bonds. The molecule has 0 aliphatic heterocycles. The van der Waals surface area contributed by atoms with Crippen molar-refractivity contribution in [2.45, 2.75) is 6.92 Å². The first-order valence-corrected chi connectivity index (χ1v) is 7.17. The molecule has 8 nitrogen and oxygen atoms in total. The van der Waals surface area contributed by atoms with Crippen molar-refractivity contribution in [1.82, 2.24) is 4.31 Å². The lowest BCUT2D eigenvalue weighted by Crippen LogP contribution is -2.42. The predicted octanol–water partition coefficient (Wildman–Crippen LogP) is -0.999. The second-order valence-corrected chi connectivity index (χ2v) is 5.52. The lowest BCUT2D eigenvalue weighted by Gasteiger charge is -2.19. The minimum Gasteiger partial charge on any atom is -0.468 e. The van der Waals surface area contributed by atoms with Crippen LogP contribution in [0.3, 0.4) is 0 Å². The minimum atomic E-state index is -3.80. The minimum absolute atomic E-state index is 0.0162. The highest BCUT2D eigenvalue weighted by Gasteiger charge is 2.27. The predicted molar refractivity (Wildman–Crippen MR) is 65.9 cm³/mol. The number of carbonyl (C=O) groups excluding carboxylic acids is 2. The van der Waals surface area contributed by atoms with E-state index in [1.165, 1.54) is 0 Å². The van der Waals surface area contributed by atoms with Gasteiger partial charge in [-0.25, -0.2) is 8.42 Å².